The maximum Gasteiger partial charge on any atom is 0.240 e. The summed E-state index contributed by atoms with van der Waals surface area (Å²) < 4.78 is 36.5. The Labute approximate surface area is 240 Å². The van der Waals surface area contributed by atoms with Crippen molar-refractivity contribution in [2.45, 2.75) is 49.3 Å². The van der Waals surface area contributed by atoms with Gasteiger partial charge in [0, 0.05) is 42.4 Å². The summed E-state index contributed by atoms with van der Waals surface area (Å²) in [6.07, 6.45) is 4.66. The summed E-state index contributed by atoms with van der Waals surface area (Å²) in [5, 5.41) is 15.9. The Morgan fingerprint density at radius 1 is 1.15 bits per heavy atom. The highest BCUT2D eigenvalue weighted by Gasteiger charge is 2.52. The van der Waals surface area contributed by atoms with Gasteiger partial charge in [-0.25, -0.2) is 13.6 Å². The molecule has 0 radical (unpaired) electrons. The average Bonchev–Trinajstić information content (AvgIpc) is 3.66. The zero-order valence-corrected chi connectivity index (χ0v) is 24.3. The van der Waals surface area contributed by atoms with Crippen molar-refractivity contribution in [2.24, 2.45) is 5.14 Å². The predicted octanol–water partition coefficient (Wildman–Crippen LogP) is 4.26. The van der Waals surface area contributed by atoms with Crippen molar-refractivity contribution in [3.8, 4) is 5.75 Å². The van der Waals surface area contributed by atoms with Gasteiger partial charge in [0.2, 0.25) is 16.0 Å². The molecule has 1 spiro atoms. The van der Waals surface area contributed by atoms with Crippen LogP contribution in [-0.2, 0) is 26.6 Å². The third kappa shape index (κ3) is 5.51. The Kier molecular flexibility index (Phi) is 7.39. The van der Waals surface area contributed by atoms with Gasteiger partial charge >= 0.3 is 0 Å². The maximum absolute atomic E-state index is 12.6. The summed E-state index contributed by atoms with van der Waals surface area (Å²) >= 11 is 0. The van der Waals surface area contributed by atoms with Crippen LogP contribution in [0, 0.1) is 0 Å². The molecule has 0 atom stereocenters. The topological polar surface area (TPSA) is 144 Å². The number of aryl methyl sites for hydroxylation is 1. The highest BCUT2D eigenvalue weighted by molar-refractivity contribution is 7.89. The molecule has 1 saturated carbocycles. The van der Waals surface area contributed by atoms with Crippen molar-refractivity contribution in [1.29, 1.82) is 0 Å². The van der Waals surface area contributed by atoms with Crippen LogP contribution in [0.3, 0.4) is 0 Å². The Hall–Kier alpha value is -3.61. The van der Waals surface area contributed by atoms with E-state index in [9.17, 15) is 8.42 Å². The van der Waals surface area contributed by atoms with Gasteiger partial charge in [-0.15, -0.1) is 0 Å². The van der Waals surface area contributed by atoms with E-state index in [0.29, 0.717) is 36.4 Å². The van der Waals surface area contributed by atoms with Gasteiger partial charge in [-0.05, 0) is 49.4 Å². The van der Waals surface area contributed by atoms with Crippen molar-refractivity contribution < 1.29 is 17.9 Å². The van der Waals surface area contributed by atoms with E-state index in [1.54, 1.807) is 19.2 Å². The minimum Gasteiger partial charge on any atom is -0.494 e. The Balaban J connectivity index is 1.38. The van der Waals surface area contributed by atoms with Gasteiger partial charge in [-0.1, -0.05) is 25.5 Å². The third-order valence-corrected chi connectivity index (χ3v) is 9.11. The van der Waals surface area contributed by atoms with Crippen LogP contribution in [0.1, 0.15) is 43.7 Å². The molecule has 12 heteroatoms. The first-order valence-corrected chi connectivity index (χ1v) is 15.7. The van der Waals surface area contributed by atoms with Crippen LogP contribution in [-0.4, -0.2) is 58.3 Å². The van der Waals surface area contributed by atoms with Crippen LogP contribution in [0.4, 0.5) is 34.6 Å². The average molecular weight is 580 g/mol. The van der Waals surface area contributed by atoms with Crippen LogP contribution in [0.25, 0.3) is 0 Å². The minimum absolute atomic E-state index is 0.0478. The normalized spacial score (nSPS) is 17.2. The highest BCUT2D eigenvalue weighted by atomic mass is 32.2. The zero-order valence-electron chi connectivity index (χ0n) is 23.5. The summed E-state index contributed by atoms with van der Waals surface area (Å²) in [6.45, 7) is 5.93. The molecule has 0 amide bonds. The van der Waals surface area contributed by atoms with Crippen molar-refractivity contribution in [3.63, 3.8) is 0 Å². The van der Waals surface area contributed by atoms with Gasteiger partial charge in [0.1, 0.15) is 22.3 Å². The van der Waals surface area contributed by atoms with E-state index in [4.69, 9.17) is 24.6 Å². The number of benzene rings is 2. The summed E-state index contributed by atoms with van der Waals surface area (Å²) in [4.78, 5) is 12.1. The Morgan fingerprint density at radius 3 is 2.66 bits per heavy atom. The number of sulfonamides is 1. The highest BCUT2D eigenvalue weighted by Crippen LogP contribution is 2.56. The number of para-hydroxylation sites is 1. The van der Waals surface area contributed by atoms with E-state index in [0.717, 1.165) is 80.1 Å². The lowest BCUT2D eigenvalue weighted by atomic mass is 10.00. The molecule has 2 aliphatic heterocycles. The molecular formula is C29H37N7O4S. The molecule has 1 aliphatic carbocycles. The number of rotatable bonds is 10. The predicted molar refractivity (Wildman–Crippen MR) is 160 cm³/mol. The Morgan fingerprint density at radius 2 is 1.95 bits per heavy atom. The van der Waals surface area contributed by atoms with Gasteiger partial charge in [0.25, 0.3) is 0 Å². The lowest BCUT2D eigenvalue weighted by molar-refractivity contribution is 0.122. The molecule has 0 unspecified atom stereocenters. The van der Waals surface area contributed by atoms with Crippen LogP contribution in [0.2, 0.25) is 0 Å². The fraction of sp³-hybridized carbons (Fsp3) is 0.448. The summed E-state index contributed by atoms with van der Waals surface area (Å²) in [6, 6.07) is 11.2. The maximum atomic E-state index is 12.6. The Bertz CT molecular complexity index is 1550. The van der Waals surface area contributed by atoms with Crippen LogP contribution >= 0.6 is 0 Å². The lowest BCUT2D eigenvalue weighted by Crippen LogP contribution is -2.36. The second-order valence-corrected chi connectivity index (χ2v) is 12.5. The van der Waals surface area contributed by atoms with Crippen molar-refractivity contribution >= 4 is 44.7 Å². The molecule has 218 valence electrons. The number of ether oxygens (including phenoxy) is 2. The number of unbranched alkanes of at least 4 members (excludes halogenated alkanes) is 1. The second kappa shape index (κ2) is 11.0. The number of primary sulfonamides is 1. The first kappa shape index (κ1) is 27.6. The molecule has 1 aromatic heterocycles. The number of morpholine rings is 1. The molecule has 3 aromatic rings. The number of hydrogen-bond acceptors (Lipinski definition) is 10. The lowest BCUT2D eigenvalue weighted by Gasteiger charge is -2.29. The number of fused-ring (bicyclic) bond motifs is 2. The molecule has 1 saturated heterocycles. The number of hydrogen-bond donors (Lipinski definition) is 4. The monoisotopic (exact) mass is 579 g/mol. The molecule has 0 bridgehead atoms. The number of methoxy groups -OCH3 is 1. The van der Waals surface area contributed by atoms with Gasteiger partial charge in [0.15, 0.2) is 0 Å². The molecule has 41 heavy (non-hydrogen) atoms. The van der Waals surface area contributed by atoms with Crippen molar-refractivity contribution in [2.75, 3.05) is 60.8 Å². The summed E-state index contributed by atoms with van der Waals surface area (Å²) in [7, 11) is -2.34. The molecular weight excluding hydrogens is 542 g/mol. The third-order valence-electron chi connectivity index (χ3n) is 8.16. The van der Waals surface area contributed by atoms with E-state index in [1.807, 2.05) is 24.3 Å². The zero-order chi connectivity index (χ0) is 28.6. The quantitative estimate of drug-likeness (QED) is 0.275. The summed E-state index contributed by atoms with van der Waals surface area (Å²) in [5.41, 5.74) is 4.09. The smallest absolute Gasteiger partial charge is 0.240 e. The molecule has 6 rings (SSSR count). The first-order valence-electron chi connectivity index (χ1n) is 14.2. The number of anilines is 6. The molecule has 2 fully saturated rings. The standard InChI is InChI=1S/C29H37N7O4S/c1-3-4-6-19-7-5-8-23(41(30,37)38)25(19)33-27-24-26(31-18-29(24)11-12-29)34-28(35-27)32-21-10-9-20(17-22(21)39-2)36-13-15-40-16-14-36/h5,7-10,17H,3-4,6,11-16,18H2,1-2H3,(H2,30,37,38)(H3,31,32,33,34,35). The van der Waals surface area contributed by atoms with E-state index in [2.05, 4.69) is 27.8 Å². The van der Waals surface area contributed by atoms with E-state index in [1.165, 1.54) is 0 Å². The first-order chi connectivity index (χ1) is 19.8. The fourth-order valence-corrected chi connectivity index (χ4v) is 6.46. The van der Waals surface area contributed by atoms with Crippen molar-refractivity contribution in [3.05, 3.63) is 47.5 Å². The molecule has 5 N–H and O–H groups in total. The van der Waals surface area contributed by atoms with E-state index in [-0.39, 0.29) is 10.3 Å². The van der Waals surface area contributed by atoms with Gasteiger partial charge in [-0.2, -0.15) is 9.97 Å². The van der Waals surface area contributed by atoms with Crippen LogP contribution in [0.15, 0.2) is 41.3 Å². The van der Waals surface area contributed by atoms with E-state index >= 15 is 0 Å². The SMILES string of the molecule is CCCCc1cccc(S(N)(=O)=O)c1Nc1nc(Nc2ccc(N3CCOCC3)cc2OC)nc2c1C1(CC1)CN2. The van der Waals surface area contributed by atoms with Crippen LogP contribution < -0.4 is 30.7 Å². The molecule has 3 aliphatic rings. The van der Waals surface area contributed by atoms with Gasteiger partial charge in [-0.3, -0.25) is 0 Å². The number of nitrogens with zero attached hydrogens (tertiary/aromatic N) is 3. The largest absolute Gasteiger partial charge is 0.494 e. The van der Waals surface area contributed by atoms with Gasteiger partial charge < -0.3 is 30.3 Å². The molecule has 2 aromatic carbocycles. The fourth-order valence-electron chi connectivity index (χ4n) is 5.73. The number of aromatic nitrogens is 2. The number of nitrogens with one attached hydrogen (secondary N) is 3. The minimum atomic E-state index is -3.97. The van der Waals surface area contributed by atoms with E-state index < -0.39 is 10.0 Å². The number of nitrogens with two attached hydrogens (primary N) is 1. The van der Waals surface area contributed by atoms with Crippen molar-refractivity contribution in [1.82, 2.24) is 9.97 Å². The molecule has 11 nitrogen and oxygen atoms in total. The van der Waals surface area contributed by atoms with Crippen LogP contribution in [0.5, 0.6) is 5.75 Å². The second-order valence-electron chi connectivity index (χ2n) is 10.9. The summed E-state index contributed by atoms with van der Waals surface area (Å²) in [5.74, 6) is 2.37. The van der Waals surface area contributed by atoms with Gasteiger partial charge in [0.05, 0.1) is 31.7 Å². The molecule has 3 heterocycles.